The summed E-state index contributed by atoms with van der Waals surface area (Å²) >= 11 is 0. The highest BCUT2D eigenvalue weighted by Gasteiger charge is 2.06. The molecule has 19 heavy (non-hydrogen) atoms. The first-order valence-electron chi connectivity index (χ1n) is 6.27. The number of imidazole rings is 1. The molecule has 1 heterocycles. The van der Waals surface area contributed by atoms with Crippen molar-refractivity contribution in [2.24, 2.45) is 0 Å². The first-order valence-corrected chi connectivity index (χ1v) is 6.27. The number of urea groups is 1. The maximum Gasteiger partial charge on any atom is 0.314 e. The first-order chi connectivity index (χ1) is 9.22. The molecule has 102 valence electrons. The molecule has 1 aromatic carbocycles. The van der Waals surface area contributed by atoms with E-state index in [1.165, 1.54) is 0 Å². The summed E-state index contributed by atoms with van der Waals surface area (Å²) in [4.78, 5) is 15.8. The van der Waals surface area contributed by atoms with Crippen molar-refractivity contribution in [2.45, 2.75) is 13.5 Å². The summed E-state index contributed by atoms with van der Waals surface area (Å²) < 4.78 is 2.07. The fourth-order valence-electron chi connectivity index (χ4n) is 1.99. The van der Waals surface area contributed by atoms with Crippen molar-refractivity contribution in [3.05, 3.63) is 30.1 Å². The van der Waals surface area contributed by atoms with Crippen LogP contribution in [-0.4, -0.2) is 40.4 Å². The van der Waals surface area contributed by atoms with E-state index in [-0.39, 0.29) is 19.2 Å². The van der Waals surface area contributed by atoms with Gasteiger partial charge in [0.05, 0.1) is 17.6 Å². The molecule has 6 nitrogen and oxygen atoms in total. The number of carbonyl (C=O) groups excluding carboxylic acids is 1. The molecule has 0 fully saturated rings. The second kappa shape index (κ2) is 6.19. The Labute approximate surface area is 111 Å². The van der Waals surface area contributed by atoms with Crippen molar-refractivity contribution in [3.8, 4) is 0 Å². The molecule has 0 aliphatic carbocycles. The lowest BCUT2D eigenvalue weighted by Gasteiger charge is -2.09. The van der Waals surface area contributed by atoms with Crippen LogP contribution in [0.2, 0.25) is 0 Å². The molecule has 0 saturated carbocycles. The Kier molecular flexibility index (Phi) is 4.35. The largest absolute Gasteiger partial charge is 0.395 e. The van der Waals surface area contributed by atoms with Gasteiger partial charge in [0.25, 0.3) is 0 Å². The SMILES string of the molecule is Cc1nc2ccccc2n1CCNC(=O)NCCO. The van der Waals surface area contributed by atoms with E-state index in [2.05, 4.69) is 20.2 Å². The van der Waals surface area contributed by atoms with Gasteiger partial charge < -0.3 is 20.3 Å². The average Bonchev–Trinajstić information content (AvgIpc) is 2.73. The number of aryl methyl sites for hydroxylation is 1. The van der Waals surface area contributed by atoms with Gasteiger partial charge in [-0.15, -0.1) is 0 Å². The number of amides is 2. The molecule has 2 rings (SSSR count). The summed E-state index contributed by atoms with van der Waals surface area (Å²) in [6, 6.07) is 7.65. The molecule has 2 aromatic rings. The van der Waals surface area contributed by atoms with E-state index >= 15 is 0 Å². The zero-order chi connectivity index (χ0) is 13.7. The summed E-state index contributed by atoms with van der Waals surface area (Å²) in [5, 5.41) is 13.9. The molecular formula is C13H18N4O2. The molecule has 0 spiro atoms. The van der Waals surface area contributed by atoms with Gasteiger partial charge in [0.2, 0.25) is 0 Å². The Bertz CT molecular complexity index is 565. The zero-order valence-electron chi connectivity index (χ0n) is 10.9. The number of aromatic nitrogens is 2. The summed E-state index contributed by atoms with van der Waals surface area (Å²) in [5.41, 5.74) is 2.03. The Morgan fingerprint density at radius 1 is 1.32 bits per heavy atom. The maximum absolute atomic E-state index is 11.3. The van der Waals surface area contributed by atoms with Gasteiger partial charge in [-0.1, -0.05) is 12.1 Å². The van der Waals surface area contributed by atoms with Crippen LogP contribution in [0.1, 0.15) is 5.82 Å². The van der Waals surface area contributed by atoms with Gasteiger partial charge in [-0.25, -0.2) is 9.78 Å². The molecule has 0 saturated heterocycles. The van der Waals surface area contributed by atoms with E-state index in [0.717, 1.165) is 16.9 Å². The Hall–Kier alpha value is -2.08. The number of carbonyl (C=O) groups is 1. The molecular weight excluding hydrogens is 244 g/mol. The highest BCUT2D eigenvalue weighted by Crippen LogP contribution is 2.14. The van der Waals surface area contributed by atoms with E-state index in [0.29, 0.717) is 13.1 Å². The minimum atomic E-state index is -0.267. The van der Waals surface area contributed by atoms with Crippen molar-refractivity contribution in [1.29, 1.82) is 0 Å². The molecule has 0 unspecified atom stereocenters. The normalized spacial score (nSPS) is 10.6. The summed E-state index contributed by atoms with van der Waals surface area (Å²) in [7, 11) is 0. The first kappa shape index (κ1) is 13.4. The molecule has 6 heteroatoms. The number of aliphatic hydroxyl groups is 1. The lowest BCUT2D eigenvalue weighted by molar-refractivity contribution is 0.234. The van der Waals surface area contributed by atoms with Crippen LogP contribution in [0, 0.1) is 6.92 Å². The van der Waals surface area contributed by atoms with Crippen LogP contribution in [-0.2, 0) is 6.54 Å². The number of aliphatic hydroxyl groups excluding tert-OH is 1. The third kappa shape index (κ3) is 3.23. The third-order valence-corrected chi connectivity index (χ3v) is 2.86. The Balaban J connectivity index is 1.94. The van der Waals surface area contributed by atoms with Crippen LogP contribution in [0.25, 0.3) is 11.0 Å². The van der Waals surface area contributed by atoms with Crippen LogP contribution in [0.15, 0.2) is 24.3 Å². The second-order valence-electron chi connectivity index (χ2n) is 4.21. The van der Waals surface area contributed by atoms with E-state index < -0.39 is 0 Å². The van der Waals surface area contributed by atoms with Crippen LogP contribution in [0.3, 0.4) is 0 Å². The lowest BCUT2D eigenvalue weighted by Crippen LogP contribution is -2.38. The van der Waals surface area contributed by atoms with Crippen LogP contribution in [0.4, 0.5) is 4.79 Å². The zero-order valence-corrected chi connectivity index (χ0v) is 10.9. The number of nitrogens with zero attached hydrogens (tertiary/aromatic N) is 2. The van der Waals surface area contributed by atoms with Gasteiger partial charge >= 0.3 is 6.03 Å². The van der Waals surface area contributed by atoms with Crippen molar-refractivity contribution in [3.63, 3.8) is 0 Å². The molecule has 0 atom stereocenters. The predicted molar refractivity (Wildman–Crippen MR) is 73.0 cm³/mol. The van der Waals surface area contributed by atoms with Gasteiger partial charge in [-0.3, -0.25) is 0 Å². The number of benzene rings is 1. The maximum atomic E-state index is 11.3. The molecule has 3 N–H and O–H groups in total. The van der Waals surface area contributed by atoms with E-state index in [9.17, 15) is 4.79 Å². The fraction of sp³-hybridized carbons (Fsp3) is 0.385. The summed E-state index contributed by atoms with van der Waals surface area (Å²) in [5.74, 6) is 0.929. The lowest BCUT2D eigenvalue weighted by atomic mass is 10.3. The van der Waals surface area contributed by atoms with Gasteiger partial charge in [0.1, 0.15) is 5.82 Å². The summed E-state index contributed by atoms with van der Waals surface area (Å²) in [6.07, 6.45) is 0. The van der Waals surface area contributed by atoms with E-state index in [4.69, 9.17) is 5.11 Å². The van der Waals surface area contributed by atoms with Gasteiger partial charge in [0, 0.05) is 19.6 Å². The number of hydrogen-bond donors (Lipinski definition) is 3. The van der Waals surface area contributed by atoms with Crippen molar-refractivity contribution in [2.75, 3.05) is 19.7 Å². The molecule has 0 aliphatic heterocycles. The second-order valence-corrected chi connectivity index (χ2v) is 4.21. The monoisotopic (exact) mass is 262 g/mol. The number of rotatable bonds is 5. The fourth-order valence-corrected chi connectivity index (χ4v) is 1.99. The number of nitrogens with one attached hydrogen (secondary N) is 2. The van der Waals surface area contributed by atoms with Crippen LogP contribution >= 0.6 is 0 Å². The highest BCUT2D eigenvalue weighted by atomic mass is 16.3. The standard InChI is InChI=1S/C13H18N4O2/c1-10-16-11-4-2-3-5-12(11)17(10)8-6-14-13(19)15-7-9-18/h2-5,18H,6-9H2,1H3,(H2,14,15,19). The van der Waals surface area contributed by atoms with Crippen molar-refractivity contribution < 1.29 is 9.90 Å². The number of hydrogen-bond acceptors (Lipinski definition) is 3. The van der Waals surface area contributed by atoms with Crippen molar-refractivity contribution in [1.82, 2.24) is 20.2 Å². The Morgan fingerprint density at radius 2 is 2.05 bits per heavy atom. The van der Waals surface area contributed by atoms with Crippen LogP contribution in [0.5, 0.6) is 0 Å². The summed E-state index contributed by atoms with van der Waals surface area (Å²) in [6.45, 7) is 3.33. The van der Waals surface area contributed by atoms with E-state index in [1.807, 2.05) is 31.2 Å². The van der Waals surface area contributed by atoms with Crippen molar-refractivity contribution >= 4 is 17.1 Å². The number of fused-ring (bicyclic) bond motifs is 1. The third-order valence-electron chi connectivity index (χ3n) is 2.86. The number of para-hydroxylation sites is 2. The van der Waals surface area contributed by atoms with Crippen LogP contribution < -0.4 is 10.6 Å². The minimum absolute atomic E-state index is 0.0569. The molecule has 1 aromatic heterocycles. The Morgan fingerprint density at radius 3 is 2.84 bits per heavy atom. The molecule has 0 aliphatic rings. The quantitative estimate of drug-likeness (QED) is 0.739. The molecule has 0 bridgehead atoms. The van der Waals surface area contributed by atoms with Gasteiger partial charge in [0.15, 0.2) is 0 Å². The highest BCUT2D eigenvalue weighted by molar-refractivity contribution is 5.76. The van der Waals surface area contributed by atoms with Gasteiger partial charge in [-0.05, 0) is 19.1 Å². The predicted octanol–water partition coefficient (Wildman–Crippen LogP) is 0.636. The molecule has 2 amide bonds. The average molecular weight is 262 g/mol. The van der Waals surface area contributed by atoms with Gasteiger partial charge in [-0.2, -0.15) is 0 Å². The molecule has 0 radical (unpaired) electrons. The smallest absolute Gasteiger partial charge is 0.314 e. The van der Waals surface area contributed by atoms with E-state index in [1.54, 1.807) is 0 Å². The minimum Gasteiger partial charge on any atom is -0.395 e. The topological polar surface area (TPSA) is 79.2 Å².